The zero-order valence-electron chi connectivity index (χ0n) is 11.9. The average molecular weight is 317 g/mol. The average Bonchev–Trinajstić information content (AvgIpc) is 3.02. The van der Waals surface area contributed by atoms with Gasteiger partial charge in [0.2, 0.25) is 0 Å². The largest absolute Gasteiger partial charge is 0.480 e. The van der Waals surface area contributed by atoms with E-state index in [-0.39, 0.29) is 11.6 Å². The van der Waals surface area contributed by atoms with Crippen LogP contribution < -0.4 is 5.32 Å². The number of carboxylic acid groups (broad SMARTS) is 1. The Morgan fingerprint density at radius 1 is 1.36 bits per heavy atom. The van der Waals surface area contributed by atoms with E-state index >= 15 is 0 Å². The van der Waals surface area contributed by atoms with Crippen LogP contribution in [0.15, 0.2) is 29.6 Å². The number of hydrogen-bond donors (Lipinski definition) is 2. The fourth-order valence-corrected chi connectivity index (χ4v) is 3.24. The Labute approximate surface area is 131 Å². The molecule has 0 unspecified atom stereocenters. The molecule has 114 valence electrons. The number of aliphatic carboxylic acids is 1. The minimum Gasteiger partial charge on any atom is -0.480 e. The van der Waals surface area contributed by atoms with Gasteiger partial charge in [-0.05, 0) is 11.1 Å². The van der Waals surface area contributed by atoms with Crippen LogP contribution in [0.25, 0.3) is 0 Å². The number of carbonyl (C=O) groups is 2. The maximum absolute atomic E-state index is 12.6. The Morgan fingerprint density at radius 3 is 2.73 bits per heavy atom. The zero-order chi connectivity index (χ0) is 15.7. The summed E-state index contributed by atoms with van der Waals surface area (Å²) in [6, 6.07) is 6.75. The molecular weight excluding hydrogens is 302 g/mol. The molecule has 3 rings (SSSR count). The summed E-state index contributed by atoms with van der Waals surface area (Å²) < 4.78 is 0. The van der Waals surface area contributed by atoms with Gasteiger partial charge in [0.1, 0.15) is 11.7 Å². The molecule has 0 bridgehead atoms. The molecule has 1 aliphatic heterocycles. The molecule has 7 heteroatoms. The van der Waals surface area contributed by atoms with Gasteiger partial charge in [-0.3, -0.25) is 4.79 Å². The number of anilines is 1. The first-order chi connectivity index (χ1) is 10.6. The lowest BCUT2D eigenvalue weighted by Gasteiger charge is -2.34. The first kappa shape index (κ1) is 14.5. The van der Waals surface area contributed by atoms with Crippen LogP contribution in [0, 0.1) is 0 Å². The van der Waals surface area contributed by atoms with E-state index < -0.39 is 12.0 Å². The molecule has 2 heterocycles. The van der Waals surface area contributed by atoms with Crippen LogP contribution in [0.1, 0.15) is 21.6 Å². The number of carboxylic acids is 1. The van der Waals surface area contributed by atoms with E-state index in [1.54, 1.807) is 12.4 Å². The SMILES string of the molecule is CNc1nc(C(=O)N2Cc3ccccc3C[C@@H]2C(=O)O)cs1. The van der Waals surface area contributed by atoms with Gasteiger partial charge in [-0.2, -0.15) is 0 Å². The van der Waals surface area contributed by atoms with E-state index in [4.69, 9.17) is 0 Å². The number of hydrogen-bond acceptors (Lipinski definition) is 5. The van der Waals surface area contributed by atoms with Gasteiger partial charge >= 0.3 is 5.97 Å². The highest BCUT2D eigenvalue weighted by Crippen LogP contribution is 2.26. The summed E-state index contributed by atoms with van der Waals surface area (Å²) in [7, 11) is 1.73. The zero-order valence-corrected chi connectivity index (χ0v) is 12.8. The standard InChI is InChI=1S/C15H15N3O3S/c1-16-15-17-11(8-22-15)13(19)18-7-10-5-3-2-4-9(10)6-12(18)14(20)21/h2-5,8,12H,6-7H2,1H3,(H,16,17)(H,20,21)/t12-/m1/s1. The number of thiazole rings is 1. The summed E-state index contributed by atoms with van der Waals surface area (Å²) in [5.41, 5.74) is 2.24. The van der Waals surface area contributed by atoms with Crippen LogP contribution >= 0.6 is 11.3 Å². The third kappa shape index (κ3) is 2.55. The molecule has 6 nitrogen and oxygen atoms in total. The molecule has 0 aliphatic carbocycles. The van der Waals surface area contributed by atoms with Crippen LogP contribution in [-0.2, 0) is 17.8 Å². The van der Waals surface area contributed by atoms with Crippen molar-refractivity contribution < 1.29 is 14.7 Å². The van der Waals surface area contributed by atoms with E-state index in [0.29, 0.717) is 18.1 Å². The van der Waals surface area contributed by atoms with Crippen LogP contribution in [0.5, 0.6) is 0 Å². The van der Waals surface area contributed by atoms with Gasteiger partial charge in [-0.1, -0.05) is 24.3 Å². The van der Waals surface area contributed by atoms with Crippen molar-refractivity contribution in [2.24, 2.45) is 0 Å². The summed E-state index contributed by atoms with van der Waals surface area (Å²) in [5, 5.41) is 14.6. The maximum atomic E-state index is 12.6. The number of amides is 1. The quantitative estimate of drug-likeness (QED) is 0.902. The highest BCUT2D eigenvalue weighted by Gasteiger charge is 2.35. The van der Waals surface area contributed by atoms with Gasteiger partial charge < -0.3 is 15.3 Å². The van der Waals surface area contributed by atoms with Crippen molar-refractivity contribution in [3.8, 4) is 0 Å². The lowest BCUT2D eigenvalue weighted by atomic mass is 9.94. The molecule has 2 aromatic rings. The van der Waals surface area contributed by atoms with Crippen LogP contribution in [0.3, 0.4) is 0 Å². The number of rotatable bonds is 3. The predicted octanol–water partition coefficient (Wildman–Crippen LogP) is 1.84. The Kier molecular flexibility index (Phi) is 3.81. The molecule has 1 atom stereocenters. The molecule has 22 heavy (non-hydrogen) atoms. The lowest BCUT2D eigenvalue weighted by molar-refractivity contribution is -0.142. The van der Waals surface area contributed by atoms with Gasteiger partial charge in [0.15, 0.2) is 5.13 Å². The molecule has 0 saturated heterocycles. The van der Waals surface area contributed by atoms with Crippen molar-refractivity contribution in [1.82, 2.24) is 9.88 Å². The number of aromatic nitrogens is 1. The van der Waals surface area contributed by atoms with Gasteiger partial charge in [0, 0.05) is 25.4 Å². The van der Waals surface area contributed by atoms with Crippen LogP contribution in [-0.4, -0.2) is 40.0 Å². The molecule has 1 aromatic carbocycles. The molecule has 1 aliphatic rings. The smallest absolute Gasteiger partial charge is 0.326 e. The number of fused-ring (bicyclic) bond motifs is 1. The molecule has 0 saturated carbocycles. The summed E-state index contributed by atoms with van der Waals surface area (Å²) in [5.74, 6) is -1.34. The molecule has 0 radical (unpaired) electrons. The maximum Gasteiger partial charge on any atom is 0.326 e. The van der Waals surface area contributed by atoms with Crippen molar-refractivity contribution in [3.63, 3.8) is 0 Å². The molecular formula is C15H15N3O3S. The summed E-state index contributed by atoms with van der Waals surface area (Å²) >= 11 is 1.32. The normalized spacial score (nSPS) is 17.0. The van der Waals surface area contributed by atoms with Crippen molar-refractivity contribution in [2.45, 2.75) is 19.0 Å². The van der Waals surface area contributed by atoms with Gasteiger partial charge in [0.25, 0.3) is 5.91 Å². The third-order valence-electron chi connectivity index (χ3n) is 3.73. The van der Waals surface area contributed by atoms with E-state index in [1.165, 1.54) is 16.2 Å². The number of nitrogens with one attached hydrogen (secondary N) is 1. The molecule has 1 amide bonds. The minimum atomic E-state index is -0.994. The van der Waals surface area contributed by atoms with Crippen molar-refractivity contribution in [3.05, 3.63) is 46.5 Å². The molecule has 0 spiro atoms. The molecule has 2 N–H and O–H groups in total. The second-order valence-corrected chi connectivity index (χ2v) is 5.91. The highest BCUT2D eigenvalue weighted by atomic mass is 32.1. The first-order valence-electron chi connectivity index (χ1n) is 6.84. The van der Waals surface area contributed by atoms with E-state index in [0.717, 1.165) is 11.1 Å². The Balaban J connectivity index is 1.93. The topological polar surface area (TPSA) is 82.5 Å². The van der Waals surface area contributed by atoms with Crippen LogP contribution in [0.2, 0.25) is 0 Å². The minimum absolute atomic E-state index is 0.278. The molecule has 0 fully saturated rings. The fraction of sp³-hybridized carbons (Fsp3) is 0.267. The summed E-state index contributed by atoms with van der Waals surface area (Å²) in [6.45, 7) is 0.290. The lowest BCUT2D eigenvalue weighted by Crippen LogP contribution is -2.48. The number of carbonyl (C=O) groups excluding carboxylic acids is 1. The van der Waals surface area contributed by atoms with Gasteiger partial charge in [0.05, 0.1) is 0 Å². The third-order valence-corrected chi connectivity index (χ3v) is 4.59. The monoisotopic (exact) mass is 317 g/mol. The van der Waals surface area contributed by atoms with E-state index in [9.17, 15) is 14.7 Å². The highest BCUT2D eigenvalue weighted by molar-refractivity contribution is 7.13. The van der Waals surface area contributed by atoms with E-state index in [1.807, 2.05) is 24.3 Å². The second-order valence-electron chi connectivity index (χ2n) is 5.05. The van der Waals surface area contributed by atoms with Crippen molar-refractivity contribution in [2.75, 3.05) is 12.4 Å². The molecule has 1 aromatic heterocycles. The van der Waals surface area contributed by atoms with E-state index in [2.05, 4.69) is 10.3 Å². The van der Waals surface area contributed by atoms with Gasteiger partial charge in [-0.15, -0.1) is 11.3 Å². The Morgan fingerprint density at radius 2 is 2.09 bits per heavy atom. The Bertz CT molecular complexity index is 728. The van der Waals surface area contributed by atoms with Crippen LogP contribution in [0.4, 0.5) is 5.13 Å². The van der Waals surface area contributed by atoms with Crippen molar-refractivity contribution >= 4 is 28.3 Å². The number of nitrogens with zero attached hydrogens (tertiary/aromatic N) is 2. The van der Waals surface area contributed by atoms with Crippen molar-refractivity contribution in [1.29, 1.82) is 0 Å². The summed E-state index contributed by atoms with van der Waals surface area (Å²) in [4.78, 5) is 29.7. The Hall–Kier alpha value is -2.41. The predicted molar refractivity (Wildman–Crippen MR) is 83.1 cm³/mol. The first-order valence-corrected chi connectivity index (χ1v) is 7.72. The second kappa shape index (κ2) is 5.76. The summed E-state index contributed by atoms with van der Waals surface area (Å²) in [6.07, 6.45) is 0.320. The fourth-order valence-electron chi connectivity index (χ4n) is 2.59. The number of benzene rings is 1. The van der Waals surface area contributed by atoms with Gasteiger partial charge in [-0.25, -0.2) is 9.78 Å².